The van der Waals surface area contributed by atoms with Crippen LogP contribution in [-0.4, -0.2) is 59.8 Å². The van der Waals surface area contributed by atoms with E-state index < -0.39 is 56.8 Å². The van der Waals surface area contributed by atoms with Crippen molar-refractivity contribution in [2.24, 2.45) is 0 Å². The number of H-pyrrole nitrogens is 1. The molecule has 40 heavy (non-hydrogen) atoms. The Bertz CT molecular complexity index is 1560. The van der Waals surface area contributed by atoms with E-state index in [1.165, 1.54) is 22.5 Å². The van der Waals surface area contributed by atoms with E-state index in [9.17, 15) is 36.0 Å². The third kappa shape index (κ3) is 6.21. The lowest BCUT2D eigenvalue weighted by Crippen LogP contribution is -2.46. The summed E-state index contributed by atoms with van der Waals surface area (Å²) in [5, 5.41) is 13.5. The highest BCUT2D eigenvalue weighted by Crippen LogP contribution is 2.24. The predicted molar refractivity (Wildman–Crippen MR) is 137 cm³/mol. The lowest BCUT2D eigenvalue weighted by Gasteiger charge is -2.31. The molecule has 4 rings (SSSR count). The van der Waals surface area contributed by atoms with Crippen LogP contribution in [0, 0.1) is 17.5 Å². The number of nitrogens with zero attached hydrogens (tertiary/aromatic N) is 2. The fraction of sp³-hybridized carbons (Fsp3) is 0.200. The quantitative estimate of drug-likeness (QED) is 0.303. The molecule has 3 amide bonds. The largest absolute Gasteiger partial charge is 0.348 e. The summed E-state index contributed by atoms with van der Waals surface area (Å²) in [4.78, 5) is 36.7. The van der Waals surface area contributed by atoms with Crippen molar-refractivity contribution in [3.05, 3.63) is 84.0 Å². The molecule has 1 aliphatic heterocycles. The molecule has 0 atom stereocenters. The standard InChI is InChI=1S/C25H23F3N6O5S/c1-2-21(35)30-16-4-3-5-17(12-16)40(38,39)34-8-6-15(7-9-34)31-25(37)23-20(13-29-33-23)32-24(36)22-18(27)10-14(26)11-19(22)28/h2-5,10-13,15H,1,6-9H2,(H,29,33)(H,30,35)(H,31,37)(H,32,36). The van der Waals surface area contributed by atoms with Gasteiger partial charge in [0, 0.05) is 43.1 Å². The highest BCUT2D eigenvalue weighted by molar-refractivity contribution is 7.89. The second kappa shape index (κ2) is 11.7. The van der Waals surface area contributed by atoms with Crippen LogP contribution in [0.25, 0.3) is 0 Å². The molecule has 0 spiro atoms. The van der Waals surface area contributed by atoms with Gasteiger partial charge >= 0.3 is 0 Å². The lowest BCUT2D eigenvalue weighted by molar-refractivity contribution is -0.111. The Morgan fingerprint density at radius 1 is 1.02 bits per heavy atom. The van der Waals surface area contributed by atoms with Gasteiger partial charge in [-0.1, -0.05) is 12.6 Å². The molecule has 2 aromatic carbocycles. The first kappa shape index (κ1) is 28.5. The Morgan fingerprint density at radius 2 is 1.70 bits per heavy atom. The van der Waals surface area contributed by atoms with Crippen LogP contribution in [0.4, 0.5) is 24.5 Å². The molecule has 210 valence electrons. The van der Waals surface area contributed by atoms with Crippen LogP contribution in [0.2, 0.25) is 0 Å². The van der Waals surface area contributed by atoms with E-state index in [1.807, 2.05) is 0 Å². The van der Waals surface area contributed by atoms with E-state index >= 15 is 0 Å². The number of halogens is 3. The first-order chi connectivity index (χ1) is 19.0. The minimum absolute atomic E-state index is 0.0113. The highest BCUT2D eigenvalue weighted by atomic mass is 32.2. The van der Waals surface area contributed by atoms with Crippen molar-refractivity contribution < 1.29 is 36.0 Å². The number of rotatable bonds is 8. The second-order valence-electron chi connectivity index (χ2n) is 8.72. The summed E-state index contributed by atoms with van der Waals surface area (Å²) in [5.74, 6) is -6.49. The zero-order chi connectivity index (χ0) is 29.0. The molecule has 0 bridgehead atoms. The summed E-state index contributed by atoms with van der Waals surface area (Å²) in [6.45, 7) is 3.53. The number of hydrogen-bond donors (Lipinski definition) is 4. The van der Waals surface area contributed by atoms with Crippen molar-refractivity contribution >= 4 is 39.1 Å². The number of amides is 3. The maximum Gasteiger partial charge on any atom is 0.274 e. The number of carbonyl (C=O) groups is 3. The number of aromatic amines is 1. The van der Waals surface area contributed by atoms with Crippen LogP contribution in [0.15, 0.2) is 60.1 Å². The third-order valence-electron chi connectivity index (χ3n) is 6.05. The Balaban J connectivity index is 1.37. The Labute approximate surface area is 226 Å². The summed E-state index contributed by atoms with van der Waals surface area (Å²) < 4.78 is 68.6. The number of anilines is 2. The average molecular weight is 577 g/mol. The van der Waals surface area contributed by atoms with Crippen molar-refractivity contribution in [2.75, 3.05) is 23.7 Å². The SMILES string of the molecule is C=CC(=O)Nc1cccc(S(=O)(=O)N2CCC(NC(=O)c3n[nH]cc3NC(=O)c3c(F)cc(F)cc3F)CC2)c1. The van der Waals surface area contributed by atoms with Gasteiger partial charge in [0.05, 0.1) is 10.6 Å². The number of sulfonamides is 1. The number of hydrogen-bond acceptors (Lipinski definition) is 6. The molecule has 0 unspecified atom stereocenters. The van der Waals surface area contributed by atoms with Gasteiger partial charge in [-0.25, -0.2) is 21.6 Å². The number of benzene rings is 2. The van der Waals surface area contributed by atoms with Crippen molar-refractivity contribution in [1.82, 2.24) is 19.8 Å². The van der Waals surface area contributed by atoms with Gasteiger partial charge in [-0.3, -0.25) is 19.5 Å². The predicted octanol–water partition coefficient (Wildman–Crippen LogP) is 2.79. The smallest absolute Gasteiger partial charge is 0.274 e. The molecule has 3 aromatic rings. The van der Waals surface area contributed by atoms with Crippen LogP contribution in [0.1, 0.15) is 33.7 Å². The Hall–Kier alpha value is -4.50. The lowest BCUT2D eigenvalue weighted by atomic mass is 10.1. The minimum Gasteiger partial charge on any atom is -0.348 e. The number of piperidine rings is 1. The Morgan fingerprint density at radius 3 is 2.35 bits per heavy atom. The number of carbonyl (C=O) groups excluding carboxylic acids is 3. The molecule has 0 saturated carbocycles. The molecule has 1 aliphatic rings. The molecule has 4 N–H and O–H groups in total. The maximum atomic E-state index is 14.0. The van der Waals surface area contributed by atoms with Gasteiger partial charge in [-0.2, -0.15) is 9.40 Å². The van der Waals surface area contributed by atoms with E-state index in [0.29, 0.717) is 17.8 Å². The molecular formula is C25H23F3N6O5S. The molecule has 1 saturated heterocycles. The summed E-state index contributed by atoms with van der Waals surface area (Å²) in [6, 6.07) is 6.05. The fourth-order valence-electron chi connectivity index (χ4n) is 4.07. The summed E-state index contributed by atoms with van der Waals surface area (Å²) in [5.41, 5.74) is -1.19. The molecule has 1 fully saturated rings. The zero-order valence-electron chi connectivity index (χ0n) is 20.7. The third-order valence-corrected chi connectivity index (χ3v) is 7.95. The molecule has 1 aromatic heterocycles. The van der Waals surface area contributed by atoms with Crippen molar-refractivity contribution in [1.29, 1.82) is 0 Å². The van der Waals surface area contributed by atoms with Gasteiger partial charge in [0.2, 0.25) is 15.9 Å². The van der Waals surface area contributed by atoms with E-state index in [-0.39, 0.29) is 42.2 Å². The second-order valence-corrected chi connectivity index (χ2v) is 10.7. The highest BCUT2D eigenvalue weighted by Gasteiger charge is 2.31. The molecular weight excluding hydrogens is 553 g/mol. The topological polar surface area (TPSA) is 153 Å². The van der Waals surface area contributed by atoms with Gasteiger partial charge < -0.3 is 16.0 Å². The van der Waals surface area contributed by atoms with Crippen LogP contribution < -0.4 is 16.0 Å². The molecule has 0 radical (unpaired) electrons. The maximum absolute atomic E-state index is 14.0. The monoisotopic (exact) mass is 576 g/mol. The number of nitrogens with one attached hydrogen (secondary N) is 4. The van der Waals surface area contributed by atoms with Crippen molar-refractivity contribution in [3.8, 4) is 0 Å². The first-order valence-corrected chi connectivity index (χ1v) is 13.3. The normalized spacial score (nSPS) is 14.4. The van der Waals surface area contributed by atoms with Gasteiger partial charge in [0.25, 0.3) is 11.8 Å². The van der Waals surface area contributed by atoms with Gasteiger partial charge in [0.1, 0.15) is 23.0 Å². The summed E-state index contributed by atoms with van der Waals surface area (Å²) in [6.07, 6.45) is 2.71. The van der Waals surface area contributed by atoms with Crippen LogP contribution in [-0.2, 0) is 14.8 Å². The van der Waals surface area contributed by atoms with Gasteiger partial charge in [-0.15, -0.1) is 0 Å². The molecule has 15 heteroatoms. The fourth-order valence-corrected chi connectivity index (χ4v) is 5.59. The van der Waals surface area contributed by atoms with Gasteiger partial charge in [-0.05, 0) is 37.1 Å². The van der Waals surface area contributed by atoms with Crippen LogP contribution in [0.5, 0.6) is 0 Å². The Kier molecular flexibility index (Phi) is 8.35. The van der Waals surface area contributed by atoms with Crippen molar-refractivity contribution in [2.45, 2.75) is 23.8 Å². The minimum atomic E-state index is -3.88. The van der Waals surface area contributed by atoms with E-state index in [0.717, 1.165) is 12.3 Å². The summed E-state index contributed by atoms with van der Waals surface area (Å²) in [7, 11) is -3.88. The molecule has 2 heterocycles. The van der Waals surface area contributed by atoms with Crippen molar-refractivity contribution in [3.63, 3.8) is 0 Å². The first-order valence-electron chi connectivity index (χ1n) is 11.8. The molecule has 0 aliphatic carbocycles. The van der Waals surface area contributed by atoms with E-state index in [4.69, 9.17) is 0 Å². The van der Waals surface area contributed by atoms with Crippen LogP contribution >= 0.6 is 0 Å². The molecule has 11 nitrogen and oxygen atoms in total. The van der Waals surface area contributed by atoms with E-state index in [1.54, 1.807) is 6.07 Å². The van der Waals surface area contributed by atoms with Gasteiger partial charge in [0.15, 0.2) is 5.69 Å². The van der Waals surface area contributed by atoms with Crippen LogP contribution in [0.3, 0.4) is 0 Å². The number of aromatic nitrogens is 2. The van der Waals surface area contributed by atoms with E-state index in [2.05, 4.69) is 32.7 Å². The average Bonchev–Trinajstić information content (AvgIpc) is 3.36. The zero-order valence-corrected chi connectivity index (χ0v) is 21.5. The summed E-state index contributed by atoms with van der Waals surface area (Å²) >= 11 is 0.